The fourth-order valence-electron chi connectivity index (χ4n) is 1.71. The van der Waals surface area contributed by atoms with Crippen LogP contribution in [0.2, 0.25) is 0 Å². The minimum absolute atomic E-state index is 0.865. The van der Waals surface area contributed by atoms with E-state index in [1.54, 1.807) is 0 Å². The summed E-state index contributed by atoms with van der Waals surface area (Å²) in [7, 11) is 2.22. The Bertz CT molecular complexity index is 129. The molecule has 58 valence electrons. The molecule has 0 aromatic heterocycles. The van der Waals surface area contributed by atoms with Gasteiger partial charge in [-0.25, -0.2) is 4.31 Å². The van der Waals surface area contributed by atoms with Gasteiger partial charge in [-0.15, -0.1) is 0 Å². The molecule has 0 spiro atoms. The van der Waals surface area contributed by atoms with Crippen LogP contribution in [0.1, 0.15) is 6.42 Å². The van der Waals surface area contributed by atoms with E-state index in [2.05, 4.69) is 16.3 Å². The van der Waals surface area contributed by atoms with Crippen LogP contribution >= 0.6 is 11.9 Å². The molecule has 0 amide bonds. The second kappa shape index (κ2) is 2.72. The summed E-state index contributed by atoms with van der Waals surface area (Å²) in [5, 5.41) is 0. The first-order valence-corrected chi connectivity index (χ1v) is 4.88. The van der Waals surface area contributed by atoms with Crippen LogP contribution in [0.25, 0.3) is 0 Å². The highest BCUT2D eigenvalue weighted by molar-refractivity contribution is 7.97. The summed E-state index contributed by atoms with van der Waals surface area (Å²) in [5.41, 5.74) is 0. The van der Waals surface area contributed by atoms with Crippen LogP contribution in [0.5, 0.6) is 0 Å². The van der Waals surface area contributed by atoms with Gasteiger partial charge in [-0.1, -0.05) is 11.9 Å². The lowest BCUT2D eigenvalue weighted by Crippen LogP contribution is -2.45. The summed E-state index contributed by atoms with van der Waals surface area (Å²) < 4.78 is 2.56. The molecule has 0 aromatic rings. The van der Waals surface area contributed by atoms with Crippen molar-refractivity contribution in [1.82, 2.24) is 9.21 Å². The summed E-state index contributed by atoms with van der Waals surface area (Å²) >= 11 is 2.03. The quantitative estimate of drug-likeness (QED) is 0.478. The second-order valence-electron chi connectivity index (χ2n) is 3.18. The third-order valence-corrected chi connectivity index (χ3v) is 3.57. The zero-order valence-electron chi connectivity index (χ0n) is 6.42. The largest absolute Gasteiger partial charge is 0.303 e. The van der Waals surface area contributed by atoms with Crippen LogP contribution in [0.3, 0.4) is 0 Å². The Morgan fingerprint density at radius 2 is 2.30 bits per heavy atom. The van der Waals surface area contributed by atoms with E-state index in [0.29, 0.717) is 0 Å². The van der Waals surface area contributed by atoms with E-state index >= 15 is 0 Å². The van der Waals surface area contributed by atoms with Gasteiger partial charge in [0.2, 0.25) is 0 Å². The lowest BCUT2D eigenvalue weighted by Gasteiger charge is -2.34. The number of hydrogen-bond acceptors (Lipinski definition) is 3. The molecule has 0 aromatic carbocycles. The van der Waals surface area contributed by atoms with Gasteiger partial charge < -0.3 is 4.90 Å². The predicted octanol–water partition coefficient (Wildman–Crippen LogP) is 0.654. The van der Waals surface area contributed by atoms with E-state index in [4.69, 9.17) is 0 Å². The predicted molar refractivity (Wildman–Crippen MR) is 45.1 cm³/mol. The monoisotopic (exact) mass is 158 g/mol. The van der Waals surface area contributed by atoms with E-state index in [0.717, 1.165) is 6.04 Å². The molecule has 2 heterocycles. The van der Waals surface area contributed by atoms with Crippen molar-refractivity contribution < 1.29 is 0 Å². The Hall–Kier alpha value is 0.270. The fourth-order valence-corrected chi connectivity index (χ4v) is 2.91. The normalized spacial score (nSPS) is 36.3. The second-order valence-corrected chi connectivity index (χ2v) is 4.31. The molecule has 2 fully saturated rings. The first kappa shape index (κ1) is 6.95. The lowest BCUT2D eigenvalue weighted by atomic mass is 10.2. The summed E-state index contributed by atoms with van der Waals surface area (Å²) in [6, 6.07) is 0.865. The molecule has 0 bridgehead atoms. The zero-order valence-corrected chi connectivity index (χ0v) is 7.23. The van der Waals surface area contributed by atoms with Crippen LogP contribution in [-0.2, 0) is 0 Å². The number of piperazine rings is 1. The fraction of sp³-hybridized carbons (Fsp3) is 1.00. The summed E-state index contributed by atoms with van der Waals surface area (Å²) in [5.74, 6) is 1.35. The van der Waals surface area contributed by atoms with Crippen molar-refractivity contribution >= 4 is 11.9 Å². The maximum Gasteiger partial charge on any atom is 0.0338 e. The highest BCUT2D eigenvalue weighted by atomic mass is 32.2. The summed E-state index contributed by atoms with van der Waals surface area (Å²) in [6.07, 6.45) is 1.40. The minimum atomic E-state index is 0.865. The Kier molecular flexibility index (Phi) is 1.89. The van der Waals surface area contributed by atoms with E-state index in [9.17, 15) is 0 Å². The third-order valence-electron chi connectivity index (χ3n) is 2.34. The molecule has 0 radical (unpaired) electrons. The molecule has 0 saturated carbocycles. The van der Waals surface area contributed by atoms with E-state index in [-0.39, 0.29) is 0 Å². The number of likely N-dealkylation sites (N-methyl/N-ethyl adjacent to an activating group) is 1. The van der Waals surface area contributed by atoms with Gasteiger partial charge in [0.1, 0.15) is 0 Å². The maximum absolute atomic E-state index is 2.56. The standard InChI is InChI=1S/C7H14N2S/c1-8-3-4-9-7(6-8)2-5-10-9/h7H,2-6H2,1H3. The average Bonchev–Trinajstić information content (AvgIpc) is 2.33. The number of hydrogen-bond donors (Lipinski definition) is 0. The van der Waals surface area contributed by atoms with Gasteiger partial charge in [0.15, 0.2) is 0 Å². The first-order valence-electron chi connectivity index (χ1n) is 3.94. The zero-order chi connectivity index (χ0) is 6.97. The molecular weight excluding hydrogens is 144 g/mol. The lowest BCUT2D eigenvalue weighted by molar-refractivity contribution is 0.177. The van der Waals surface area contributed by atoms with Gasteiger partial charge in [-0.3, -0.25) is 0 Å². The molecule has 1 unspecified atom stereocenters. The highest BCUT2D eigenvalue weighted by Crippen LogP contribution is 2.28. The van der Waals surface area contributed by atoms with Gasteiger partial charge in [-0.05, 0) is 13.5 Å². The maximum atomic E-state index is 2.56. The molecule has 0 N–H and O–H groups in total. The van der Waals surface area contributed by atoms with Crippen molar-refractivity contribution in [1.29, 1.82) is 0 Å². The van der Waals surface area contributed by atoms with Crippen molar-refractivity contribution in [3.63, 3.8) is 0 Å². The Morgan fingerprint density at radius 3 is 3.20 bits per heavy atom. The Labute approximate surface area is 66.7 Å². The van der Waals surface area contributed by atoms with Crippen LogP contribution in [0.15, 0.2) is 0 Å². The van der Waals surface area contributed by atoms with E-state index in [1.165, 1.54) is 31.8 Å². The highest BCUT2D eigenvalue weighted by Gasteiger charge is 2.29. The van der Waals surface area contributed by atoms with Crippen molar-refractivity contribution in [3.05, 3.63) is 0 Å². The molecule has 1 atom stereocenters. The Morgan fingerprint density at radius 1 is 1.40 bits per heavy atom. The number of nitrogens with zero attached hydrogens (tertiary/aromatic N) is 2. The van der Waals surface area contributed by atoms with Gasteiger partial charge in [0, 0.05) is 31.4 Å². The molecule has 2 rings (SSSR count). The van der Waals surface area contributed by atoms with Gasteiger partial charge >= 0.3 is 0 Å². The van der Waals surface area contributed by atoms with Crippen molar-refractivity contribution in [3.8, 4) is 0 Å². The molecular formula is C7H14N2S. The van der Waals surface area contributed by atoms with Crippen molar-refractivity contribution in [2.45, 2.75) is 12.5 Å². The minimum Gasteiger partial charge on any atom is -0.303 e. The smallest absolute Gasteiger partial charge is 0.0338 e. The van der Waals surface area contributed by atoms with Crippen LogP contribution in [-0.4, -0.2) is 47.7 Å². The first-order chi connectivity index (χ1) is 4.86. The van der Waals surface area contributed by atoms with Crippen molar-refractivity contribution in [2.24, 2.45) is 0 Å². The summed E-state index contributed by atoms with van der Waals surface area (Å²) in [6.45, 7) is 3.81. The van der Waals surface area contributed by atoms with Crippen molar-refractivity contribution in [2.75, 3.05) is 32.4 Å². The molecule has 2 aliphatic rings. The molecule has 2 saturated heterocycles. The topological polar surface area (TPSA) is 6.48 Å². The van der Waals surface area contributed by atoms with Crippen LogP contribution < -0.4 is 0 Å². The SMILES string of the molecule is CN1CCN2SCCC2C1. The third kappa shape index (κ3) is 1.18. The molecule has 10 heavy (non-hydrogen) atoms. The van der Waals surface area contributed by atoms with E-state index in [1.807, 2.05) is 11.9 Å². The Balaban J connectivity index is 1.96. The van der Waals surface area contributed by atoms with Gasteiger partial charge in [0.25, 0.3) is 0 Å². The molecule has 3 heteroatoms. The van der Waals surface area contributed by atoms with Crippen LogP contribution in [0.4, 0.5) is 0 Å². The molecule has 2 aliphatic heterocycles. The number of fused-ring (bicyclic) bond motifs is 1. The van der Waals surface area contributed by atoms with Gasteiger partial charge in [-0.2, -0.15) is 0 Å². The van der Waals surface area contributed by atoms with Crippen LogP contribution in [0, 0.1) is 0 Å². The van der Waals surface area contributed by atoms with E-state index < -0.39 is 0 Å². The molecule has 0 aliphatic carbocycles. The average molecular weight is 158 g/mol. The van der Waals surface area contributed by atoms with Gasteiger partial charge in [0.05, 0.1) is 0 Å². The summed E-state index contributed by atoms with van der Waals surface area (Å²) in [4.78, 5) is 2.44. The molecule has 2 nitrogen and oxygen atoms in total. The number of rotatable bonds is 0.